The third kappa shape index (κ3) is 2.86. The predicted octanol–water partition coefficient (Wildman–Crippen LogP) is 3.26. The molecule has 20 heavy (non-hydrogen) atoms. The van der Waals surface area contributed by atoms with E-state index in [4.69, 9.17) is 19.9 Å². The van der Waals surface area contributed by atoms with Crippen molar-refractivity contribution in [3.05, 3.63) is 47.5 Å². The summed E-state index contributed by atoms with van der Waals surface area (Å²) >= 11 is 0. The number of nitrogens with two attached hydrogens (primary N) is 1. The molecule has 2 aromatic carbocycles. The van der Waals surface area contributed by atoms with E-state index in [1.54, 1.807) is 14.2 Å². The van der Waals surface area contributed by atoms with Gasteiger partial charge in [0.15, 0.2) is 11.5 Å². The van der Waals surface area contributed by atoms with Gasteiger partial charge in [0.25, 0.3) is 0 Å². The van der Waals surface area contributed by atoms with Crippen molar-refractivity contribution in [1.82, 2.24) is 0 Å². The van der Waals surface area contributed by atoms with Gasteiger partial charge in [-0.3, -0.25) is 0 Å². The Hall–Kier alpha value is -2.20. The Morgan fingerprint density at radius 3 is 2.15 bits per heavy atom. The van der Waals surface area contributed by atoms with Crippen molar-refractivity contribution in [1.29, 1.82) is 0 Å². The summed E-state index contributed by atoms with van der Waals surface area (Å²) < 4.78 is 16.6. The summed E-state index contributed by atoms with van der Waals surface area (Å²) in [5.41, 5.74) is 7.86. The molecule has 0 saturated carbocycles. The molecule has 0 aliphatic carbocycles. The zero-order valence-corrected chi connectivity index (χ0v) is 12.0. The average Bonchev–Trinajstić information content (AvgIpc) is 2.49. The number of aryl methyl sites for hydroxylation is 1. The van der Waals surface area contributed by atoms with E-state index >= 15 is 0 Å². The van der Waals surface area contributed by atoms with Crippen LogP contribution in [0.25, 0.3) is 0 Å². The zero-order chi connectivity index (χ0) is 14.5. The molecule has 0 radical (unpaired) electrons. The van der Waals surface area contributed by atoms with Gasteiger partial charge in [0.1, 0.15) is 5.75 Å². The van der Waals surface area contributed by atoms with Crippen LogP contribution < -0.4 is 19.9 Å². The first-order chi connectivity index (χ1) is 9.69. The molecule has 0 unspecified atom stereocenters. The van der Waals surface area contributed by atoms with Gasteiger partial charge >= 0.3 is 0 Å². The molecule has 0 fully saturated rings. The maximum Gasteiger partial charge on any atom is 0.211 e. The summed E-state index contributed by atoms with van der Waals surface area (Å²) in [6.45, 7) is 2.43. The second kappa shape index (κ2) is 6.30. The molecular formula is C16H19NO3. The minimum atomic E-state index is 0.411. The van der Waals surface area contributed by atoms with E-state index in [0.29, 0.717) is 29.5 Å². The van der Waals surface area contributed by atoms with Crippen LogP contribution in [0.15, 0.2) is 36.4 Å². The van der Waals surface area contributed by atoms with Crippen LogP contribution in [0.5, 0.6) is 23.0 Å². The van der Waals surface area contributed by atoms with Gasteiger partial charge in [-0.25, -0.2) is 0 Å². The lowest BCUT2D eigenvalue weighted by Crippen LogP contribution is -2.01. The first-order valence-corrected chi connectivity index (χ1v) is 6.38. The maximum atomic E-state index is 5.97. The average molecular weight is 273 g/mol. The van der Waals surface area contributed by atoms with E-state index in [1.807, 2.05) is 43.3 Å². The van der Waals surface area contributed by atoms with E-state index in [2.05, 4.69) is 0 Å². The first kappa shape index (κ1) is 14.2. The fraction of sp³-hybridized carbons (Fsp3) is 0.250. The van der Waals surface area contributed by atoms with E-state index in [-0.39, 0.29) is 0 Å². The summed E-state index contributed by atoms with van der Waals surface area (Å²) in [5, 5.41) is 0. The molecular weight excluding hydrogens is 254 g/mol. The van der Waals surface area contributed by atoms with Crippen LogP contribution >= 0.6 is 0 Å². The third-order valence-electron chi connectivity index (χ3n) is 3.03. The highest BCUT2D eigenvalue weighted by Crippen LogP contribution is 2.40. The van der Waals surface area contributed by atoms with Crippen molar-refractivity contribution in [2.24, 2.45) is 5.73 Å². The normalized spacial score (nSPS) is 10.2. The quantitative estimate of drug-likeness (QED) is 0.908. The van der Waals surface area contributed by atoms with Crippen molar-refractivity contribution >= 4 is 0 Å². The minimum Gasteiger partial charge on any atom is -0.493 e. The SMILES string of the molecule is COc1cccc(OC)c1Oc1ccc(C)cc1CN. The molecule has 0 amide bonds. The molecule has 4 nitrogen and oxygen atoms in total. The van der Waals surface area contributed by atoms with Gasteiger partial charge in [-0.1, -0.05) is 23.8 Å². The highest BCUT2D eigenvalue weighted by atomic mass is 16.5. The zero-order valence-electron chi connectivity index (χ0n) is 12.0. The number of methoxy groups -OCH3 is 2. The Bertz CT molecular complexity index is 574. The fourth-order valence-corrected chi connectivity index (χ4v) is 2.00. The largest absolute Gasteiger partial charge is 0.493 e. The molecule has 4 heteroatoms. The second-order valence-corrected chi connectivity index (χ2v) is 4.41. The lowest BCUT2D eigenvalue weighted by molar-refractivity contribution is 0.345. The van der Waals surface area contributed by atoms with Crippen LogP contribution in [0.2, 0.25) is 0 Å². The Labute approximate surface area is 119 Å². The predicted molar refractivity (Wildman–Crippen MR) is 78.7 cm³/mol. The Balaban J connectivity index is 2.44. The van der Waals surface area contributed by atoms with E-state index in [9.17, 15) is 0 Å². The van der Waals surface area contributed by atoms with E-state index in [1.165, 1.54) is 0 Å². The van der Waals surface area contributed by atoms with Crippen LogP contribution in [-0.2, 0) is 6.54 Å². The number of hydrogen-bond acceptors (Lipinski definition) is 4. The molecule has 0 spiro atoms. The number of ether oxygens (including phenoxy) is 3. The molecule has 0 aliphatic rings. The van der Waals surface area contributed by atoms with Gasteiger partial charge in [0.2, 0.25) is 5.75 Å². The van der Waals surface area contributed by atoms with Crippen molar-refractivity contribution in [2.45, 2.75) is 13.5 Å². The number of para-hydroxylation sites is 1. The van der Waals surface area contributed by atoms with Gasteiger partial charge in [-0.05, 0) is 25.1 Å². The van der Waals surface area contributed by atoms with Crippen molar-refractivity contribution in [3.63, 3.8) is 0 Å². The molecule has 106 valence electrons. The highest BCUT2D eigenvalue weighted by molar-refractivity contribution is 5.54. The number of hydrogen-bond donors (Lipinski definition) is 1. The van der Waals surface area contributed by atoms with Gasteiger partial charge < -0.3 is 19.9 Å². The Kier molecular flexibility index (Phi) is 4.48. The topological polar surface area (TPSA) is 53.7 Å². The molecule has 2 aromatic rings. The monoisotopic (exact) mass is 273 g/mol. The molecule has 2 rings (SSSR count). The first-order valence-electron chi connectivity index (χ1n) is 6.38. The summed E-state index contributed by atoms with van der Waals surface area (Å²) in [5.74, 6) is 2.50. The summed E-state index contributed by atoms with van der Waals surface area (Å²) in [6, 6.07) is 11.4. The summed E-state index contributed by atoms with van der Waals surface area (Å²) in [6.07, 6.45) is 0. The fourth-order valence-electron chi connectivity index (χ4n) is 2.00. The molecule has 0 heterocycles. The second-order valence-electron chi connectivity index (χ2n) is 4.41. The van der Waals surface area contributed by atoms with E-state index in [0.717, 1.165) is 11.1 Å². The van der Waals surface area contributed by atoms with Crippen LogP contribution in [0.3, 0.4) is 0 Å². The molecule has 0 aromatic heterocycles. The summed E-state index contributed by atoms with van der Waals surface area (Å²) in [4.78, 5) is 0. The molecule has 0 saturated heterocycles. The smallest absolute Gasteiger partial charge is 0.211 e. The standard InChI is InChI=1S/C16H19NO3/c1-11-7-8-13(12(9-11)10-17)20-16-14(18-2)5-4-6-15(16)19-3/h4-9H,10,17H2,1-3H3. The van der Waals surface area contributed by atoms with Crippen LogP contribution in [0.1, 0.15) is 11.1 Å². The number of benzene rings is 2. The van der Waals surface area contributed by atoms with Gasteiger partial charge in [-0.15, -0.1) is 0 Å². The number of rotatable bonds is 5. The Morgan fingerprint density at radius 1 is 0.950 bits per heavy atom. The molecule has 0 bridgehead atoms. The van der Waals surface area contributed by atoms with Gasteiger partial charge in [0, 0.05) is 12.1 Å². The van der Waals surface area contributed by atoms with Crippen LogP contribution in [-0.4, -0.2) is 14.2 Å². The lowest BCUT2D eigenvalue weighted by atomic mass is 10.1. The van der Waals surface area contributed by atoms with Crippen molar-refractivity contribution in [3.8, 4) is 23.0 Å². The van der Waals surface area contributed by atoms with Gasteiger partial charge in [0.05, 0.1) is 14.2 Å². The van der Waals surface area contributed by atoms with E-state index < -0.39 is 0 Å². The highest BCUT2D eigenvalue weighted by Gasteiger charge is 2.14. The lowest BCUT2D eigenvalue weighted by Gasteiger charge is -2.16. The van der Waals surface area contributed by atoms with Gasteiger partial charge in [-0.2, -0.15) is 0 Å². The Morgan fingerprint density at radius 2 is 1.60 bits per heavy atom. The third-order valence-corrected chi connectivity index (χ3v) is 3.03. The minimum absolute atomic E-state index is 0.411. The summed E-state index contributed by atoms with van der Waals surface area (Å²) in [7, 11) is 3.20. The molecule has 0 aliphatic heterocycles. The maximum absolute atomic E-state index is 5.97. The molecule has 0 atom stereocenters. The van der Waals surface area contributed by atoms with Crippen molar-refractivity contribution in [2.75, 3.05) is 14.2 Å². The van der Waals surface area contributed by atoms with Crippen LogP contribution in [0, 0.1) is 6.92 Å². The van der Waals surface area contributed by atoms with Crippen molar-refractivity contribution < 1.29 is 14.2 Å². The van der Waals surface area contributed by atoms with Crippen LogP contribution in [0.4, 0.5) is 0 Å². The molecule has 2 N–H and O–H groups in total.